The fraction of sp³-hybridized carbons (Fsp3) is 0.611. The summed E-state index contributed by atoms with van der Waals surface area (Å²) in [6, 6.07) is 7.07. The Bertz CT molecular complexity index is 512. The third-order valence-corrected chi connectivity index (χ3v) is 5.02. The first-order chi connectivity index (χ1) is 10.2. The molecule has 0 radical (unpaired) electrons. The first-order valence-electron chi connectivity index (χ1n) is 8.31. The van der Waals surface area contributed by atoms with Crippen molar-refractivity contribution in [2.24, 2.45) is 0 Å². The largest absolute Gasteiger partial charge is 0.342 e. The zero-order valence-electron chi connectivity index (χ0n) is 13.4. The number of carbonyl (C=O) groups is 1. The summed E-state index contributed by atoms with van der Waals surface area (Å²) >= 11 is 0. The van der Waals surface area contributed by atoms with E-state index in [4.69, 9.17) is 0 Å². The normalized spacial score (nSPS) is 18.2. The number of carbonyl (C=O) groups excluding carboxylic acids is 1. The molecular formula is C18H27ClN2O. The molecule has 1 heterocycles. The van der Waals surface area contributed by atoms with Crippen molar-refractivity contribution in [2.75, 3.05) is 20.1 Å². The van der Waals surface area contributed by atoms with Crippen molar-refractivity contribution in [3.63, 3.8) is 0 Å². The van der Waals surface area contributed by atoms with E-state index >= 15 is 0 Å². The molecule has 1 aliphatic carbocycles. The van der Waals surface area contributed by atoms with Crippen LogP contribution in [0.4, 0.5) is 0 Å². The molecule has 22 heavy (non-hydrogen) atoms. The number of fused-ring (bicyclic) bond motifs is 1. The summed E-state index contributed by atoms with van der Waals surface area (Å²) in [6.45, 7) is 2.06. The molecule has 0 spiro atoms. The summed E-state index contributed by atoms with van der Waals surface area (Å²) in [4.78, 5) is 14.5. The van der Waals surface area contributed by atoms with E-state index in [-0.39, 0.29) is 18.3 Å². The summed E-state index contributed by atoms with van der Waals surface area (Å²) in [5.74, 6) is 0.262. The highest BCUT2D eigenvalue weighted by Crippen LogP contribution is 2.23. The number of amides is 1. The highest BCUT2D eigenvalue weighted by molar-refractivity contribution is 5.85. The second kappa shape index (κ2) is 7.98. The molecule has 0 atom stereocenters. The molecule has 0 saturated carbocycles. The van der Waals surface area contributed by atoms with Crippen molar-refractivity contribution >= 4 is 18.3 Å². The van der Waals surface area contributed by atoms with E-state index < -0.39 is 0 Å². The maximum absolute atomic E-state index is 12.5. The van der Waals surface area contributed by atoms with Crippen LogP contribution >= 0.6 is 12.4 Å². The predicted molar refractivity (Wildman–Crippen MR) is 92.7 cm³/mol. The first kappa shape index (κ1) is 17.3. The van der Waals surface area contributed by atoms with Gasteiger partial charge in [0.15, 0.2) is 0 Å². The Morgan fingerprint density at radius 1 is 1.18 bits per heavy atom. The van der Waals surface area contributed by atoms with Crippen LogP contribution in [0.3, 0.4) is 0 Å². The number of piperidine rings is 1. The number of halogens is 1. The molecule has 1 fully saturated rings. The van der Waals surface area contributed by atoms with Crippen LogP contribution in [0.1, 0.15) is 42.4 Å². The highest BCUT2D eigenvalue weighted by atomic mass is 35.5. The van der Waals surface area contributed by atoms with Crippen LogP contribution in [0.5, 0.6) is 0 Å². The summed E-state index contributed by atoms with van der Waals surface area (Å²) in [6.07, 6.45) is 7.69. The molecule has 1 aliphatic heterocycles. The molecule has 0 aromatic heterocycles. The van der Waals surface area contributed by atoms with Crippen molar-refractivity contribution in [3.05, 3.63) is 34.9 Å². The van der Waals surface area contributed by atoms with Gasteiger partial charge < -0.3 is 10.2 Å². The lowest BCUT2D eigenvalue weighted by molar-refractivity contribution is -0.131. The zero-order valence-corrected chi connectivity index (χ0v) is 14.3. The van der Waals surface area contributed by atoms with Crippen molar-refractivity contribution in [1.82, 2.24) is 10.2 Å². The van der Waals surface area contributed by atoms with Crippen LogP contribution in [0, 0.1) is 0 Å². The smallest absolute Gasteiger partial charge is 0.226 e. The minimum Gasteiger partial charge on any atom is -0.342 e. The van der Waals surface area contributed by atoms with Gasteiger partial charge in [-0.2, -0.15) is 0 Å². The maximum Gasteiger partial charge on any atom is 0.226 e. The number of hydrogen-bond acceptors (Lipinski definition) is 2. The van der Waals surface area contributed by atoms with Crippen LogP contribution in [0.15, 0.2) is 18.2 Å². The van der Waals surface area contributed by atoms with E-state index in [1.165, 1.54) is 42.4 Å². The second-order valence-corrected chi connectivity index (χ2v) is 6.47. The first-order valence-corrected chi connectivity index (χ1v) is 8.31. The van der Waals surface area contributed by atoms with Crippen molar-refractivity contribution in [2.45, 2.75) is 51.0 Å². The Morgan fingerprint density at radius 3 is 2.59 bits per heavy atom. The number of rotatable bonds is 3. The molecule has 0 unspecified atom stereocenters. The average molecular weight is 323 g/mol. The molecular weight excluding hydrogens is 296 g/mol. The SMILES string of the molecule is CN(C(=O)Cc1ccc2c(c1)CCCC2)C1CCNCC1.Cl. The number of nitrogens with one attached hydrogen (secondary N) is 1. The topological polar surface area (TPSA) is 32.3 Å². The Kier molecular flexibility index (Phi) is 6.27. The Hall–Kier alpha value is -1.06. The lowest BCUT2D eigenvalue weighted by Gasteiger charge is -2.31. The van der Waals surface area contributed by atoms with Gasteiger partial charge in [-0.3, -0.25) is 4.79 Å². The minimum absolute atomic E-state index is 0. The van der Waals surface area contributed by atoms with Gasteiger partial charge in [0.2, 0.25) is 5.91 Å². The zero-order chi connectivity index (χ0) is 14.7. The van der Waals surface area contributed by atoms with Crippen LogP contribution in [0.25, 0.3) is 0 Å². The Labute approximate surface area is 139 Å². The molecule has 0 bridgehead atoms. The second-order valence-electron chi connectivity index (χ2n) is 6.47. The van der Waals surface area contributed by atoms with E-state index in [0.29, 0.717) is 12.5 Å². The molecule has 1 amide bonds. The minimum atomic E-state index is 0. The molecule has 1 aromatic rings. The number of aryl methyl sites for hydroxylation is 2. The van der Waals surface area contributed by atoms with Crippen LogP contribution in [0.2, 0.25) is 0 Å². The third kappa shape index (κ3) is 4.02. The van der Waals surface area contributed by atoms with E-state index in [9.17, 15) is 4.79 Å². The lowest BCUT2D eigenvalue weighted by atomic mass is 9.90. The Morgan fingerprint density at radius 2 is 1.86 bits per heavy atom. The van der Waals surface area contributed by atoms with Crippen molar-refractivity contribution in [3.8, 4) is 0 Å². The maximum atomic E-state index is 12.5. The summed E-state index contributed by atoms with van der Waals surface area (Å²) in [5, 5.41) is 3.35. The average Bonchev–Trinajstić information content (AvgIpc) is 2.55. The third-order valence-electron chi connectivity index (χ3n) is 5.02. The van der Waals surface area contributed by atoms with Gasteiger partial charge in [-0.15, -0.1) is 12.4 Å². The summed E-state index contributed by atoms with van der Waals surface area (Å²) in [7, 11) is 1.97. The number of hydrogen-bond donors (Lipinski definition) is 1. The quantitative estimate of drug-likeness (QED) is 0.928. The predicted octanol–water partition coefficient (Wildman–Crippen LogP) is 2.74. The highest BCUT2D eigenvalue weighted by Gasteiger charge is 2.22. The summed E-state index contributed by atoms with van der Waals surface area (Å²) in [5.41, 5.74) is 4.14. The number of nitrogens with zero attached hydrogens (tertiary/aromatic N) is 1. The van der Waals surface area contributed by atoms with Gasteiger partial charge in [0.05, 0.1) is 6.42 Å². The fourth-order valence-corrected chi connectivity index (χ4v) is 3.59. The monoisotopic (exact) mass is 322 g/mol. The van der Waals surface area contributed by atoms with E-state index in [0.717, 1.165) is 25.9 Å². The van der Waals surface area contributed by atoms with Gasteiger partial charge in [-0.1, -0.05) is 18.2 Å². The Balaban J connectivity index is 0.00000176. The lowest BCUT2D eigenvalue weighted by Crippen LogP contribution is -2.44. The van der Waals surface area contributed by atoms with Gasteiger partial charge in [-0.05, 0) is 68.3 Å². The molecule has 4 heteroatoms. The molecule has 3 rings (SSSR count). The fourth-order valence-electron chi connectivity index (χ4n) is 3.59. The standard InChI is InChI=1S/C18H26N2O.ClH/c1-20(17-8-10-19-11-9-17)18(21)13-14-6-7-15-4-2-3-5-16(15)12-14;/h6-7,12,17,19H,2-5,8-11,13H2,1H3;1H. The molecule has 2 aliphatic rings. The molecule has 1 saturated heterocycles. The van der Waals surface area contributed by atoms with Gasteiger partial charge in [0.1, 0.15) is 0 Å². The van der Waals surface area contributed by atoms with Crippen molar-refractivity contribution in [1.29, 1.82) is 0 Å². The van der Waals surface area contributed by atoms with Gasteiger partial charge in [0.25, 0.3) is 0 Å². The van der Waals surface area contributed by atoms with Crippen LogP contribution in [-0.4, -0.2) is 37.0 Å². The van der Waals surface area contributed by atoms with Crippen LogP contribution < -0.4 is 5.32 Å². The molecule has 1 aromatic carbocycles. The van der Waals surface area contributed by atoms with E-state index in [1.807, 2.05) is 11.9 Å². The summed E-state index contributed by atoms with van der Waals surface area (Å²) < 4.78 is 0. The number of likely N-dealkylation sites (N-methyl/N-ethyl adjacent to an activating group) is 1. The van der Waals surface area contributed by atoms with E-state index in [2.05, 4.69) is 23.5 Å². The number of benzene rings is 1. The van der Waals surface area contributed by atoms with Gasteiger partial charge >= 0.3 is 0 Å². The van der Waals surface area contributed by atoms with Gasteiger partial charge in [-0.25, -0.2) is 0 Å². The van der Waals surface area contributed by atoms with Gasteiger partial charge in [0, 0.05) is 13.1 Å². The molecule has 122 valence electrons. The van der Waals surface area contributed by atoms with Crippen LogP contribution in [-0.2, 0) is 24.1 Å². The van der Waals surface area contributed by atoms with E-state index in [1.54, 1.807) is 0 Å². The van der Waals surface area contributed by atoms with Crippen molar-refractivity contribution < 1.29 is 4.79 Å². The molecule has 1 N–H and O–H groups in total. The molecule has 3 nitrogen and oxygen atoms in total.